The van der Waals surface area contributed by atoms with Crippen molar-refractivity contribution in [1.82, 2.24) is 24.4 Å². The van der Waals surface area contributed by atoms with E-state index in [2.05, 4.69) is 41.2 Å². The van der Waals surface area contributed by atoms with Crippen LogP contribution in [-0.2, 0) is 10.2 Å². The fourth-order valence-corrected chi connectivity index (χ4v) is 4.43. The van der Waals surface area contributed by atoms with Crippen LogP contribution in [0.1, 0.15) is 12.1 Å². The molecule has 1 aliphatic rings. The quantitative estimate of drug-likeness (QED) is 0.283. The minimum absolute atomic E-state index is 0.0174. The second-order valence-corrected chi connectivity index (χ2v) is 10.0. The van der Waals surface area contributed by atoms with Crippen molar-refractivity contribution in [2.75, 3.05) is 39.0 Å². The average Bonchev–Trinajstić information content (AvgIpc) is 3.34. The molecule has 1 saturated heterocycles. The first-order valence-corrected chi connectivity index (χ1v) is 11.1. The van der Waals surface area contributed by atoms with Crippen molar-refractivity contribution in [3.63, 3.8) is 0 Å². The molecule has 0 aliphatic carbocycles. The number of hydrogen-bond acceptors (Lipinski definition) is 8. The zero-order chi connectivity index (χ0) is 22.8. The Labute approximate surface area is 185 Å². The Kier molecular flexibility index (Phi) is 6.90. The normalized spacial score (nSPS) is 20.4. The van der Waals surface area contributed by atoms with Gasteiger partial charge in [0.15, 0.2) is 11.5 Å². The first-order chi connectivity index (χ1) is 14.6. The lowest BCUT2D eigenvalue weighted by atomic mass is 10.1. The molecule has 1 aromatic carbocycles. The van der Waals surface area contributed by atoms with E-state index in [-0.39, 0.29) is 53.6 Å². The minimum Gasteiger partial charge on any atom is -0.362 e. The summed E-state index contributed by atoms with van der Waals surface area (Å²) in [5, 5.41) is 19.5. The van der Waals surface area contributed by atoms with Gasteiger partial charge in [-0.2, -0.15) is 17.0 Å². The first-order valence-electron chi connectivity index (χ1n) is 8.93. The number of rotatable bonds is 7. The monoisotopic (exact) mass is 523 g/mol. The van der Waals surface area contributed by atoms with Gasteiger partial charge in [0.2, 0.25) is 5.82 Å². The van der Waals surface area contributed by atoms with E-state index in [0.29, 0.717) is 0 Å². The SMILES string of the molecule is CN(C)S(=O)(=O)N1CC[C@@](F)(CNc2nonc2C(=Nc2ccc(F)c(Br)c2)NO)C1. The molecule has 3 N–H and O–H groups in total. The first kappa shape index (κ1) is 23.5. The average molecular weight is 524 g/mol. The van der Waals surface area contributed by atoms with E-state index < -0.39 is 21.7 Å². The number of nitrogens with zero attached hydrogens (tertiary/aromatic N) is 5. The molecule has 0 unspecified atom stereocenters. The molecule has 1 fully saturated rings. The van der Waals surface area contributed by atoms with Gasteiger partial charge in [0, 0.05) is 20.6 Å². The highest BCUT2D eigenvalue weighted by Gasteiger charge is 2.44. The minimum atomic E-state index is -3.73. The van der Waals surface area contributed by atoms with Gasteiger partial charge in [-0.05, 0) is 50.9 Å². The van der Waals surface area contributed by atoms with E-state index >= 15 is 4.39 Å². The lowest BCUT2D eigenvalue weighted by molar-refractivity contribution is 0.196. The van der Waals surface area contributed by atoms with Gasteiger partial charge in [-0.1, -0.05) is 0 Å². The van der Waals surface area contributed by atoms with Crippen molar-refractivity contribution >= 4 is 43.5 Å². The molecule has 0 radical (unpaired) electrons. The third-order valence-electron chi connectivity index (χ3n) is 4.59. The number of hydrogen-bond donors (Lipinski definition) is 3. The van der Waals surface area contributed by atoms with Crippen LogP contribution in [0.5, 0.6) is 0 Å². The van der Waals surface area contributed by atoms with E-state index in [1.54, 1.807) is 0 Å². The number of halogens is 3. The molecule has 11 nitrogen and oxygen atoms in total. The summed E-state index contributed by atoms with van der Waals surface area (Å²) < 4.78 is 59.9. The van der Waals surface area contributed by atoms with Crippen molar-refractivity contribution < 1.29 is 27.0 Å². The fraction of sp³-hybridized carbons (Fsp3) is 0.438. The van der Waals surface area contributed by atoms with E-state index in [4.69, 9.17) is 0 Å². The van der Waals surface area contributed by atoms with Crippen LogP contribution in [0.15, 0.2) is 32.3 Å². The maximum atomic E-state index is 15.2. The van der Waals surface area contributed by atoms with Crippen molar-refractivity contribution in [1.29, 1.82) is 0 Å². The van der Waals surface area contributed by atoms with Gasteiger partial charge in [-0.3, -0.25) is 10.7 Å². The number of amidine groups is 1. The van der Waals surface area contributed by atoms with Crippen LogP contribution in [0.4, 0.5) is 20.3 Å². The second kappa shape index (κ2) is 9.12. The lowest BCUT2D eigenvalue weighted by Gasteiger charge is -2.23. The highest BCUT2D eigenvalue weighted by Crippen LogP contribution is 2.29. The number of nitrogens with one attached hydrogen (secondary N) is 2. The van der Waals surface area contributed by atoms with Gasteiger partial charge in [0.1, 0.15) is 11.5 Å². The van der Waals surface area contributed by atoms with Gasteiger partial charge in [0.25, 0.3) is 10.2 Å². The van der Waals surface area contributed by atoms with E-state index in [0.717, 1.165) is 8.61 Å². The summed E-state index contributed by atoms with van der Waals surface area (Å²) in [6.07, 6.45) is -0.0174. The topological polar surface area (TPSA) is 136 Å². The smallest absolute Gasteiger partial charge is 0.281 e. The molecule has 1 atom stereocenters. The molecule has 0 spiro atoms. The zero-order valence-electron chi connectivity index (χ0n) is 16.5. The summed E-state index contributed by atoms with van der Waals surface area (Å²) in [6.45, 7) is -0.578. The standard InChI is InChI=1S/C16H20BrF2N7O4S/c1-25(2)31(28,29)26-6-5-16(19,9-26)8-20-14-13(23-30-24-14)15(22-27)21-10-3-4-12(18)11(17)7-10/h3-4,7,27H,5-6,8-9H2,1-2H3,(H,20,24)(H,21,22)/t16-/m1/s1. The van der Waals surface area contributed by atoms with Crippen LogP contribution in [-0.4, -0.2) is 77.8 Å². The Morgan fingerprint density at radius 1 is 1.45 bits per heavy atom. The van der Waals surface area contributed by atoms with Gasteiger partial charge in [0.05, 0.1) is 23.2 Å². The van der Waals surface area contributed by atoms with Crippen molar-refractivity contribution in [2.24, 2.45) is 4.99 Å². The Morgan fingerprint density at radius 2 is 2.19 bits per heavy atom. The fourth-order valence-electron chi connectivity index (χ4n) is 2.89. The molecule has 15 heteroatoms. The van der Waals surface area contributed by atoms with E-state index in [1.807, 2.05) is 5.48 Å². The maximum Gasteiger partial charge on any atom is 0.281 e. The van der Waals surface area contributed by atoms with Crippen LogP contribution in [0.2, 0.25) is 0 Å². The zero-order valence-corrected chi connectivity index (χ0v) is 18.9. The van der Waals surface area contributed by atoms with Gasteiger partial charge in [-0.15, -0.1) is 0 Å². The summed E-state index contributed by atoms with van der Waals surface area (Å²) in [5.41, 5.74) is 0.225. The molecule has 2 aromatic rings. The van der Waals surface area contributed by atoms with E-state index in [1.165, 1.54) is 32.3 Å². The molecule has 0 saturated carbocycles. The van der Waals surface area contributed by atoms with Crippen LogP contribution >= 0.6 is 15.9 Å². The molecular formula is C16H20BrF2N7O4S. The highest BCUT2D eigenvalue weighted by molar-refractivity contribution is 9.10. The molecule has 1 aliphatic heterocycles. The van der Waals surface area contributed by atoms with Gasteiger partial charge in [-0.25, -0.2) is 18.4 Å². The Hall–Kier alpha value is -2.20. The molecule has 2 heterocycles. The maximum absolute atomic E-state index is 15.2. The summed E-state index contributed by atoms with van der Waals surface area (Å²) in [5.74, 6) is -0.691. The Balaban J connectivity index is 1.74. The predicted octanol–water partition coefficient (Wildman–Crippen LogP) is 1.66. The van der Waals surface area contributed by atoms with Crippen LogP contribution in [0.3, 0.4) is 0 Å². The number of anilines is 1. The number of aromatic nitrogens is 2. The Bertz CT molecular complexity index is 1080. The van der Waals surface area contributed by atoms with Gasteiger partial charge >= 0.3 is 0 Å². The number of hydroxylamine groups is 1. The highest BCUT2D eigenvalue weighted by atomic mass is 79.9. The number of aliphatic imine (C=N–C) groups is 1. The molecule has 0 amide bonds. The van der Waals surface area contributed by atoms with Crippen molar-refractivity contribution in [2.45, 2.75) is 12.1 Å². The van der Waals surface area contributed by atoms with Crippen molar-refractivity contribution in [3.05, 3.63) is 34.2 Å². The van der Waals surface area contributed by atoms with Crippen LogP contribution in [0.25, 0.3) is 0 Å². The van der Waals surface area contributed by atoms with Crippen LogP contribution < -0.4 is 10.8 Å². The number of alkyl halides is 1. The summed E-state index contributed by atoms with van der Waals surface area (Å²) in [6, 6.07) is 3.92. The second-order valence-electron chi connectivity index (χ2n) is 7.01. The van der Waals surface area contributed by atoms with Crippen molar-refractivity contribution in [3.8, 4) is 0 Å². The molecule has 170 valence electrons. The van der Waals surface area contributed by atoms with Crippen LogP contribution in [0, 0.1) is 5.82 Å². The predicted molar refractivity (Wildman–Crippen MR) is 111 cm³/mol. The molecule has 0 bridgehead atoms. The summed E-state index contributed by atoms with van der Waals surface area (Å²) in [7, 11) is -0.974. The number of benzene rings is 1. The summed E-state index contributed by atoms with van der Waals surface area (Å²) >= 11 is 3.04. The van der Waals surface area contributed by atoms with E-state index in [9.17, 15) is 18.0 Å². The van der Waals surface area contributed by atoms with Gasteiger partial charge < -0.3 is 5.32 Å². The largest absolute Gasteiger partial charge is 0.362 e. The molecule has 31 heavy (non-hydrogen) atoms. The summed E-state index contributed by atoms with van der Waals surface area (Å²) in [4.78, 5) is 4.11. The molecule has 1 aromatic heterocycles. The molecular weight excluding hydrogens is 504 g/mol. The third-order valence-corrected chi connectivity index (χ3v) is 7.09. The molecule has 3 rings (SSSR count). The Morgan fingerprint density at radius 3 is 2.84 bits per heavy atom. The lowest BCUT2D eigenvalue weighted by Crippen LogP contribution is -2.42. The third kappa shape index (κ3) is 5.17.